The van der Waals surface area contributed by atoms with Crippen molar-refractivity contribution in [2.45, 2.75) is 13.0 Å². The van der Waals surface area contributed by atoms with E-state index in [-0.39, 0.29) is 11.6 Å². The van der Waals surface area contributed by atoms with E-state index in [9.17, 15) is 9.59 Å². The Morgan fingerprint density at radius 3 is 2.55 bits per heavy atom. The molecule has 0 aromatic heterocycles. The summed E-state index contributed by atoms with van der Waals surface area (Å²) in [6, 6.07) is 15.1. The van der Waals surface area contributed by atoms with Crippen LogP contribution in [0.25, 0.3) is 0 Å². The Bertz CT molecular complexity index is 710. The van der Waals surface area contributed by atoms with Gasteiger partial charge >= 0.3 is 0 Å². The van der Waals surface area contributed by atoms with Crippen molar-refractivity contribution in [3.63, 3.8) is 0 Å². The van der Waals surface area contributed by atoms with Crippen LogP contribution in [0.15, 0.2) is 48.5 Å². The number of carbonyl (C=O) groups is 2. The maximum Gasteiger partial charge on any atom is 0.188 e. The van der Waals surface area contributed by atoms with Crippen LogP contribution < -0.4 is 4.90 Å². The molecule has 0 bridgehead atoms. The Morgan fingerprint density at radius 1 is 1.05 bits per heavy atom. The third kappa shape index (κ3) is 2.92. The van der Waals surface area contributed by atoms with Crippen LogP contribution in [0.5, 0.6) is 0 Å². The summed E-state index contributed by atoms with van der Waals surface area (Å²) in [6.07, 6.45) is 0.381. The zero-order valence-corrected chi connectivity index (χ0v) is 12.2. The molecule has 0 unspecified atom stereocenters. The lowest BCUT2D eigenvalue weighted by Gasteiger charge is -2.22. The molecule has 22 heavy (non-hydrogen) atoms. The smallest absolute Gasteiger partial charge is 0.188 e. The van der Waals surface area contributed by atoms with Gasteiger partial charge in [-0.3, -0.25) is 9.59 Å². The summed E-state index contributed by atoms with van der Waals surface area (Å²) in [5, 5.41) is 9.01. The second-order valence-electron chi connectivity index (χ2n) is 5.47. The summed E-state index contributed by atoms with van der Waals surface area (Å²) < 4.78 is 0. The summed E-state index contributed by atoms with van der Waals surface area (Å²) in [5.74, 6) is -0.145. The second kappa shape index (κ2) is 6.12. The first-order valence-corrected chi connectivity index (χ1v) is 7.25. The second-order valence-corrected chi connectivity index (χ2v) is 5.47. The molecule has 0 atom stereocenters. The number of fused-ring (bicyclic) bond motifs is 1. The number of rotatable bonds is 3. The molecule has 2 aromatic carbocycles. The normalized spacial score (nSPS) is 14.4. The largest absolute Gasteiger partial charge is 0.388 e. The predicted octanol–water partition coefficient (Wildman–Crippen LogP) is 1.99. The quantitative estimate of drug-likeness (QED) is 0.880. The molecule has 4 heteroatoms. The molecule has 0 saturated carbocycles. The molecule has 1 aliphatic heterocycles. The van der Waals surface area contributed by atoms with Crippen molar-refractivity contribution in [1.82, 2.24) is 0 Å². The van der Waals surface area contributed by atoms with E-state index in [2.05, 4.69) is 0 Å². The molecule has 0 aliphatic carbocycles. The molecule has 1 N–H and O–H groups in total. The van der Waals surface area contributed by atoms with Crippen molar-refractivity contribution in [3.05, 3.63) is 65.2 Å². The van der Waals surface area contributed by atoms with Gasteiger partial charge in [0.2, 0.25) is 0 Å². The first kappa shape index (κ1) is 14.5. The maximum atomic E-state index is 12.2. The molecule has 1 heterocycles. The number of nitrogens with zero attached hydrogens (tertiary/aromatic N) is 1. The number of para-hydroxylation sites is 1. The first-order valence-electron chi connectivity index (χ1n) is 7.25. The summed E-state index contributed by atoms with van der Waals surface area (Å²) in [7, 11) is 0. The molecular weight excluding hydrogens is 278 g/mol. The molecule has 4 nitrogen and oxygen atoms in total. The highest BCUT2D eigenvalue weighted by Gasteiger charge is 2.21. The number of Topliss-reactive ketones (excluding diaryl/α,β-unsaturated/α-hetero) is 2. The number of aliphatic hydroxyl groups is 1. The standard InChI is InChI=1S/C18H17NO3/c20-12-18(22)14-7-6-13-9-17(21)11-19(10-15(13)8-14)16-4-2-1-3-5-16/h1-8,20H,9-12H2. The molecular formula is C18H17NO3. The van der Waals surface area contributed by atoms with Gasteiger partial charge < -0.3 is 10.0 Å². The summed E-state index contributed by atoms with van der Waals surface area (Å²) in [5.41, 5.74) is 3.40. The molecule has 2 aromatic rings. The van der Waals surface area contributed by atoms with Crippen LogP contribution in [0.1, 0.15) is 21.5 Å². The highest BCUT2D eigenvalue weighted by atomic mass is 16.3. The van der Waals surface area contributed by atoms with Gasteiger partial charge in [-0.1, -0.05) is 30.3 Å². The minimum absolute atomic E-state index is 0.156. The zero-order chi connectivity index (χ0) is 15.5. The van der Waals surface area contributed by atoms with Gasteiger partial charge in [0.05, 0.1) is 6.54 Å². The Balaban J connectivity index is 1.98. The highest BCUT2D eigenvalue weighted by Crippen LogP contribution is 2.23. The third-order valence-electron chi connectivity index (χ3n) is 3.91. The average molecular weight is 295 g/mol. The number of hydrogen-bond acceptors (Lipinski definition) is 4. The minimum atomic E-state index is -0.500. The lowest BCUT2D eigenvalue weighted by molar-refractivity contribution is -0.117. The van der Waals surface area contributed by atoms with Gasteiger partial charge in [0.1, 0.15) is 6.61 Å². The number of benzene rings is 2. The minimum Gasteiger partial charge on any atom is -0.388 e. The van der Waals surface area contributed by atoms with Crippen LogP contribution in [0.4, 0.5) is 5.69 Å². The summed E-state index contributed by atoms with van der Waals surface area (Å²) in [6.45, 7) is 0.444. The zero-order valence-electron chi connectivity index (χ0n) is 12.2. The van der Waals surface area contributed by atoms with E-state index in [4.69, 9.17) is 5.11 Å². The first-order chi connectivity index (χ1) is 10.7. The van der Waals surface area contributed by atoms with E-state index in [1.54, 1.807) is 12.1 Å². The van der Waals surface area contributed by atoms with E-state index in [1.807, 2.05) is 41.3 Å². The Labute approximate surface area is 129 Å². The number of anilines is 1. The average Bonchev–Trinajstić information content (AvgIpc) is 2.72. The van der Waals surface area contributed by atoms with Gasteiger partial charge in [0.15, 0.2) is 11.6 Å². The Kier molecular flexibility index (Phi) is 4.02. The molecule has 0 spiro atoms. The summed E-state index contributed by atoms with van der Waals surface area (Å²) >= 11 is 0. The van der Waals surface area contributed by atoms with Crippen molar-refractivity contribution in [1.29, 1.82) is 0 Å². The van der Waals surface area contributed by atoms with Crippen LogP contribution in [-0.2, 0) is 17.8 Å². The van der Waals surface area contributed by atoms with Crippen molar-refractivity contribution in [2.75, 3.05) is 18.1 Å². The fraction of sp³-hybridized carbons (Fsp3) is 0.222. The van der Waals surface area contributed by atoms with Crippen LogP contribution in [0, 0.1) is 0 Å². The fourth-order valence-corrected chi connectivity index (χ4v) is 2.77. The highest BCUT2D eigenvalue weighted by molar-refractivity contribution is 5.97. The van der Waals surface area contributed by atoms with Gasteiger partial charge in [-0.15, -0.1) is 0 Å². The third-order valence-corrected chi connectivity index (χ3v) is 3.91. The fourth-order valence-electron chi connectivity index (χ4n) is 2.77. The van der Waals surface area contributed by atoms with Crippen LogP contribution >= 0.6 is 0 Å². The monoisotopic (exact) mass is 295 g/mol. The van der Waals surface area contributed by atoms with E-state index in [0.29, 0.717) is 25.1 Å². The van der Waals surface area contributed by atoms with Crippen LogP contribution in [-0.4, -0.2) is 29.8 Å². The van der Waals surface area contributed by atoms with Crippen molar-refractivity contribution in [3.8, 4) is 0 Å². The molecule has 1 aliphatic rings. The molecule has 0 radical (unpaired) electrons. The number of carbonyl (C=O) groups excluding carboxylic acids is 2. The van der Waals surface area contributed by atoms with E-state index in [0.717, 1.165) is 16.8 Å². The Hall–Kier alpha value is -2.46. The Morgan fingerprint density at radius 2 is 1.82 bits per heavy atom. The van der Waals surface area contributed by atoms with E-state index < -0.39 is 6.61 Å². The molecule has 112 valence electrons. The number of aliphatic hydroxyl groups excluding tert-OH is 1. The van der Waals surface area contributed by atoms with Gasteiger partial charge in [-0.2, -0.15) is 0 Å². The van der Waals surface area contributed by atoms with Crippen LogP contribution in [0.3, 0.4) is 0 Å². The predicted molar refractivity (Wildman–Crippen MR) is 84.1 cm³/mol. The van der Waals surface area contributed by atoms with Crippen molar-refractivity contribution in [2.24, 2.45) is 0 Å². The van der Waals surface area contributed by atoms with Gasteiger partial charge in [-0.25, -0.2) is 0 Å². The molecule has 0 amide bonds. The van der Waals surface area contributed by atoms with Gasteiger partial charge in [0.25, 0.3) is 0 Å². The van der Waals surface area contributed by atoms with E-state index in [1.165, 1.54) is 0 Å². The van der Waals surface area contributed by atoms with Gasteiger partial charge in [0, 0.05) is 24.2 Å². The van der Waals surface area contributed by atoms with Crippen LogP contribution in [0.2, 0.25) is 0 Å². The van der Waals surface area contributed by atoms with Gasteiger partial charge in [-0.05, 0) is 29.3 Å². The molecule has 0 saturated heterocycles. The summed E-state index contributed by atoms with van der Waals surface area (Å²) in [4.78, 5) is 25.8. The van der Waals surface area contributed by atoms with Crippen molar-refractivity contribution < 1.29 is 14.7 Å². The SMILES string of the molecule is O=C1Cc2ccc(C(=O)CO)cc2CN(c2ccccc2)C1. The maximum absolute atomic E-state index is 12.2. The van der Waals surface area contributed by atoms with E-state index >= 15 is 0 Å². The lowest BCUT2D eigenvalue weighted by Crippen LogP contribution is -2.27. The molecule has 0 fully saturated rings. The number of ketones is 2. The molecule has 3 rings (SSSR count). The van der Waals surface area contributed by atoms with Crippen molar-refractivity contribution >= 4 is 17.3 Å². The number of hydrogen-bond donors (Lipinski definition) is 1. The lowest BCUT2D eigenvalue weighted by atomic mass is 9.99. The topological polar surface area (TPSA) is 57.6 Å².